The number of urea groups is 1. The second-order valence-electron chi connectivity index (χ2n) is 16.7. The number of aliphatic hydroxyl groups excluding tert-OH is 1. The number of unbranched alkanes of at least 4 members (excludes halogenated alkanes) is 1. The maximum absolute atomic E-state index is 14.4. The topological polar surface area (TPSA) is 177 Å². The monoisotopic (exact) mass is 696 g/mol. The van der Waals surface area contributed by atoms with Crippen LogP contribution in [0, 0.1) is 22.7 Å². The van der Waals surface area contributed by atoms with Crippen LogP contribution in [-0.2, 0) is 24.4 Å². The molecule has 0 radical (unpaired) electrons. The largest absolute Gasteiger partial charge is 0.381 e. The van der Waals surface area contributed by atoms with E-state index < -0.39 is 69.0 Å². The predicted molar refractivity (Wildman–Crippen MR) is 183 cm³/mol. The number of likely N-dealkylation sites (tertiary alicyclic amines) is 1. The molecule has 1 heterocycles. The van der Waals surface area contributed by atoms with Crippen LogP contribution < -0.4 is 21.3 Å². The number of rotatable bonds is 14. The Balaban J connectivity index is 1.53. The van der Waals surface area contributed by atoms with Gasteiger partial charge >= 0.3 is 6.03 Å². The van der Waals surface area contributed by atoms with Crippen LogP contribution in [0.1, 0.15) is 106 Å². The maximum Gasteiger partial charge on any atom is 0.315 e. The number of carbonyl (C=O) groups excluding carboxylic acids is 4. The average Bonchev–Trinajstić information content (AvgIpc) is 3.84. The Bertz CT molecular complexity index is 1320. The normalized spacial score (nSPS) is 26.5. The van der Waals surface area contributed by atoms with Crippen molar-refractivity contribution in [3.63, 3.8) is 0 Å². The quantitative estimate of drug-likeness (QED) is 0.185. The van der Waals surface area contributed by atoms with Crippen LogP contribution in [0.3, 0.4) is 0 Å². The van der Waals surface area contributed by atoms with Gasteiger partial charge in [0.2, 0.25) is 21.8 Å². The molecule has 3 saturated carbocycles. The first-order chi connectivity index (χ1) is 22.2. The SMILES string of the molecule is CCCC[C@H](NC(=O)[C@@H]1[C@@H]2[C@H](CN1C(=O)[C@@H](NC(=O)NC1(CS(=O)(=O)N(C)C)CCCCC1)C(C)(C)C)C2(C)C)C(O)C(=O)NC1CC1. The number of amides is 5. The van der Waals surface area contributed by atoms with Crippen LogP contribution in [0.4, 0.5) is 4.79 Å². The lowest BCUT2D eigenvalue weighted by Crippen LogP contribution is -2.64. The summed E-state index contributed by atoms with van der Waals surface area (Å²) in [6, 6.07) is -3.19. The van der Waals surface area contributed by atoms with E-state index in [1.807, 2.05) is 27.7 Å². The minimum atomic E-state index is -3.62. The number of carbonyl (C=O) groups is 4. The summed E-state index contributed by atoms with van der Waals surface area (Å²) in [6.07, 6.45) is 5.81. The van der Waals surface area contributed by atoms with Gasteiger partial charge in [-0.1, -0.05) is 73.6 Å². The minimum absolute atomic E-state index is 0.0649. The molecule has 4 rings (SSSR count). The lowest BCUT2D eigenvalue weighted by molar-refractivity contribution is -0.144. The van der Waals surface area contributed by atoms with E-state index in [0.717, 1.165) is 38.5 Å². The Hall–Kier alpha value is -2.45. The van der Waals surface area contributed by atoms with Gasteiger partial charge in [-0.15, -0.1) is 0 Å². The summed E-state index contributed by atoms with van der Waals surface area (Å²) in [5.74, 6) is -1.55. The smallest absolute Gasteiger partial charge is 0.315 e. The molecule has 0 bridgehead atoms. The molecule has 0 spiro atoms. The van der Waals surface area contributed by atoms with Crippen molar-refractivity contribution in [2.24, 2.45) is 22.7 Å². The molecule has 13 nitrogen and oxygen atoms in total. The molecular weight excluding hydrogens is 636 g/mol. The van der Waals surface area contributed by atoms with Gasteiger partial charge in [0.1, 0.15) is 12.1 Å². The number of sulfonamides is 1. The molecule has 6 atom stereocenters. The van der Waals surface area contributed by atoms with Gasteiger partial charge in [-0.3, -0.25) is 14.4 Å². The number of piperidine rings is 1. The molecule has 5 amide bonds. The second kappa shape index (κ2) is 14.4. The van der Waals surface area contributed by atoms with Crippen LogP contribution in [0.15, 0.2) is 0 Å². The molecule has 274 valence electrons. The summed E-state index contributed by atoms with van der Waals surface area (Å²) in [5, 5.41) is 22.6. The van der Waals surface area contributed by atoms with Gasteiger partial charge in [-0.25, -0.2) is 17.5 Å². The molecule has 4 aliphatic rings. The van der Waals surface area contributed by atoms with Crippen molar-refractivity contribution >= 4 is 33.8 Å². The van der Waals surface area contributed by atoms with Gasteiger partial charge in [0.15, 0.2) is 6.10 Å². The number of fused-ring (bicyclic) bond motifs is 1. The van der Waals surface area contributed by atoms with E-state index in [2.05, 4.69) is 35.1 Å². The summed E-state index contributed by atoms with van der Waals surface area (Å²) in [4.78, 5) is 56.5. The molecule has 0 aromatic rings. The third kappa shape index (κ3) is 8.64. The summed E-state index contributed by atoms with van der Waals surface area (Å²) in [5.41, 5.74) is -1.88. The molecule has 14 heteroatoms. The zero-order chi connectivity index (χ0) is 35.8. The van der Waals surface area contributed by atoms with E-state index in [1.54, 1.807) is 4.90 Å². The highest BCUT2D eigenvalue weighted by atomic mass is 32.2. The second-order valence-corrected chi connectivity index (χ2v) is 18.8. The first-order valence-corrected chi connectivity index (χ1v) is 19.4. The average molecular weight is 697 g/mol. The van der Waals surface area contributed by atoms with E-state index in [-0.39, 0.29) is 29.0 Å². The number of nitrogens with zero attached hydrogens (tertiary/aromatic N) is 2. The fraction of sp³-hybridized carbons (Fsp3) is 0.882. The standard InChI is InChI=1S/C34H60N6O7S/c1-9-10-14-23(26(41)29(43)35-21-15-16-21)36-28(42)25-24-22(33(24,5)6)19-40(25)30(44)27(32(2,3)4)37-31(45)38-34(17-12-11-13-18-34)20-48(46,47)39(7)8/h21-27,41H,9-20H2,1-8H3,(H,35,43)(H,36,42)(H2,37,38,45)/t22-,23-,24-,25-,26?,27+/m0/s1. The molecule has 0 aromatic carbocycles. The van der Waals surface area contributed by atoms with Gasteiger partial charge in [-0.05, 0) is 54.8 Å². The molecule has 5 N–H and O–H groups in total. The fourth-order valence-corrected chi connectivity index (χ4v) is 9.06. The highest BCUT2D eigenvalue weighted by Gasteiger charge is 2.70. The van der Waals surface area contributed by atoms with Crippen LogP contribution in [0.5, 0.6) is 0 Å². The number of hydrogen-bond acceptors (Lipinski definition) is 7. The summed E-state index contributed by atoms with van der Waals surface area (Å²) in [7, 11) is -0.667. The van der Waals surface area contributed by atoms with E-state index in [0.29, 0.717) is 32.2 Å². The summed E-state index contributed by atoms with van der Waals surface area (Å²) in [6.45, 7) is 12.0. The van der Waals surface area contributed by atoms with Crippen molar-refractivity contribution in [1.29, 1.82) is 0 Å². The van der Waals surface area contributed by atoms with Crippen molar-refractivity contribution < 1.29 is 32.7 Å². The van der Waals surface area contributed by atoms with Crippen LogP contribution in [0.25, 0.3) is 0 Å². The van der Waals surface area contributed by atoms with Crippen molar-refractivity contribution in [3.05, 3.63) is 0 Å². The van der Waals surface area contributed by atoms with Crippen LogP contribution >= 0.6 is 0 Å². The molecular formula is C34H60N6O7S. The van der Waals surface area contributed by atoms with E-state index >= 15 is 0 Å². The van der Waals surface area contributed by atoms with Gasteiger partial charge in [0.05, 0.1) is 17.3 Å². The zero-order valence-electron chi connectivity index (χ0n) is 30.2. The van der Waals surface area contributed by atoms with Crippen molar-refractivity contribution in [3.8, 4) is 0 Å². The maximum atomic E-state index is 14.4. The van der Waals surface area contributed by atoms with E-state index in [9.17, 15) is 32.7 Å². The number of nitrogens with one attached hydrogen (secondary N) is 4. The van der Waals surface area contributed by atoms with Crippen LogP contribution in [0.2, 0.25) is 0 Å². The Kier molecular flexibility index (Phi) is 11.5. The molecule has 1 aliphatic heterocycles. The molecule has 1 saturated heterocycles. The first-order valence-electron chi connectivity index (χ1n) is 17.8. The van der Waals surface area contributed by atoms with Gasteiger partial charge in [-0.2, -0.15) is 0 Å². The van der Waals surface area contributed by atoms with Crippen molar-refractivity contribution in [2.45, 2.75) is 142 Å². The first kappa shape index (κ1) is 38.4. The Labute approximate surface area is 287 Å². The molecule has 1 unspecified atom stereocenters. The number of hydrogen-bond donors (Lipinski definition) is 5. The lowest BCUT2D eigenvalue weighted by Gasteiger charge is -2.41. The Morgan fingerprint density at radius 2 is 1.65 bits per heavy atom. The van der Waals surface area contributed by atoms with Crippen molar-refractivity contribution in [2.75, 3.05) is 26.4 Å². The highest BCUT2D eigenvalue weighted by molar-refractivity contribution is 7.89. The predicted octanol–water partition coefficient (Wildman–Crippen LogP) is 2.09. The lowest BCUT2D eigenvalue weighted by atomic mass is 9.83. The van der Waals surface area contributed by atoms with Crippen LogP contribution in [-0.4, -0.2) is 109 Å². The van der Waals surface area contributed by atoms with Gasteiger partial charge in [0.25, 0.3) is 5.91 Å². The van der Waals surface area contributed by atoms with Gasteiger partial charge in [0, 0.05) is 26.7 Å². The molecule has 48 heavy (non-hydrogen) atoms. The Morgan fingerprint density at radius 3 is 2.19 bits per heavy atom. The Morgan fingerprint density at radius 1 is 1.02 bits per heavy atom. The summed E-state index contributed by atoms with van der Waals surface area (Å²) >= 11 is 0. The zero-order valence-corrected chi connectivity index (χ0v) is 31.0. The fourth-order valence-electron chi connectivity index (χ4n) is 7.75. The highest BCUT2D eigenvalue weighted by Crippen LogP contribution is 2.65. The minimum Gasteiger partial charge on any atom is -0.381 e. The van der Waals surface area contributed by atoms with E-state index in [4.69, 9.17) is 0 Å². The third-order valence-corrected chi connectivity index (χ3v) is 13.2. The van der Waals surface area contributed by atoms with E-state index in [1.165, 1.54) is 18.4 Å². The van der Waals surface area contributed by atoms with Crippen molar-refractivity contribution in [1.82, 2.24) is 30.5 Å². The van der Waals surface area contributed by atoms with Gasteiger partial charge < -0.3 is 31.3 Å². The molecule has 3 aliphatic carbocycles. The number of aliphatic hydroxyl groups is 1. The molecule has 4 fully saturated rings. The third-order valence-electron chi connectivity index (χ3n) is 11.1. The summed E-state index contributed by atoms with van der Waals surface area (Å²) < 4.78 is 27.0. The molecule has 0 aromatic heterocycles.